The van der Waals surface area contributed by atoms with Crippen molar-refractivity contribution in [3.8, 4) is 0 Å². The molecule has 1 aliphatic heterocycles. The van der Waals surface area contributed by atoms with Gasteiger partial charge in [-0.25, -0.2) is 0 Å². The largest absolute Gasteiger partial charge is 0.374 e. The van der Waals surface area contributed by atoms with Gasteiger partial charge in [0.25, 0.3) is 0 Å². The van der Waals surface area contributed by atoms with E-state index >= 15 is 0 Å². The predicted octanol–water partition coefficient (Wildman–Crippen LogP) is 0.953. The zero-order chi connectivity index (χ0) is 10.6. The summed E-state index contributed by atoms with van der Waals surface area (Å²) in [6.07, 6.45) is 0.371. The van der Waals surface area contributed by atoms with Gasteiger partial charge in [0.05, 0.1) is 12.7 Å². The lowest BCUT2D eigenvalue weighted by molar-refractivity contribution is -0.0187. The molecule has 0 saturated carbocycles. The third kappa shape index (κ3) is 4.94. The average molecular weight is 200 g/mol. The molecule has 0 radical (unpaired) electrons. The molecular weight excluding hydrogens is 176 g/mol. The second kappa shape index (κ2) is 5.10. The van der Waals surface area contributed by atoms with Gasteiger partial charge in [0.15, 0.2) is 0 Å². The first-order valence-corrected chi connectivity index (χ1v) is 5.48. The molecule has 0 spiro atoms. The lowest BCUT2D eigenvalue weighted by Gasteiger charge is -2.31. The average Bonchev–Trinajstić information content (AvgIpc) is 2.01. The molecule has 1 heterocycles. The van der Waals surface area contributed by atoms with Crippen LogP contribution in [-0.2, 0) is 4.74 Å². The summed E-state index contributed by atoms with van der Waals surface area (Å²) < 4.78 is 5.66. The molecule has 0 aromatic carbocycles. The minimum Gasteiger partial charge on any atom is -0.374 e. The summed E-state index contributed by atoms with van der Waals surface area (Å²) in [5.41, 5.74) is 0.362. The highest BCUT2D eigenvalue weighted by atomic mass is 16.5. The maximum absolute atomic E-state index is 5.66. The Balaban J connectivity index is 2.12. The van der Waals surface area contributed by atoms with E-state index < -0.39 is 0 Å². The number of likely N-dealkylation sites (N-methyl/N-ethyl adjacent to an activating group) is 1. The third-order valence-corrected chi connectivity index (χ3v) is 2.37. The SMILES string of the molecule is CN1CCOC(CNCC(C)(C)C)C1. The molecule has 1 fully saturated rings. The number of ether oxygens (including phenoxy) is 1. The quantitative estimate of drug-likeness (QED) is 0.734. The van der Waals surface area contributed by atoms with Crippen LogP contribution in [-0.4, -0.2) is 50.8 Å². The molecule has 0 amide bonds. The van der Waals surface area contributed by atoms with Gasteiger partial charge in [-0.15, -0.1) is 0 Å². The van der Waals surface area contributed by atoms with Crippen LogP contribution in [0.5, 0.6) is 0 Å². The van der Waals surface area contributed by atoms with E-state index in [0.717, 1.165) is 32.8 Å². The molecule has 1 N–H and O–H groups in total. The van der Waals surface area contributed by atoms with Gasteiger partial charge in [-0.05, 0) is 12.5 Å². The molecule has 1 saturated heterocycles. The lowest BCUT2D eigenvalue weighted by atomic mass is 9.97. The fourth-order valence-corrected chi connectivity index (χ4v) is 1.60. The van der Waals surface area contributed by atoms with E-state index in [1.807, 2.05) is 0 Å². The van der Waals surface area contributed by atoms with Crippen LogP contribution in [0.1, 0.15) is 20.8 Å². The first-order valence-electron chi connectivity index (χ1n) is 5.48. The summed E-state index contributed by atoms with van der Waals surface area (Å²) in [6.45, 7) is 11.7. The van der Waals surface area contributed by atoms with E-state index in [4.69, 9.17) is 4.74 Å². The highest BCUT2D eigenvalue weighted by Gasteiger charge is 2.18. The van der Waals surface area contributed by atoms with Crippen molar-refractivity contribution in [2.45, 2.75) is 26.9 Å². The maximum Gasteiger partial charge on any atom is 0.0826 e. The minimum absolute atomic E-state index is 0.362. The maximum atomic E-state index is 5.66. The number of rotatable bonds is 3. The van der Waals surface area contributed by atoms with Crippen molar-refractivity contribution in [1.82, 2.24) is 10.2 Å². The Morgan fingerprint density at radius 2 is 2.14 bits per heavy atom. The van der Waals surface area contributed by atoms with Crippen molar-refractivity contribution < 1.29 is 4.74 Å². The van der Waals surface area contributed by atoms with E-state index in [1.165, 1.54) is 0 Å². The predicted molar refractivity (Wildman–Crippen MR) is 59.6 cm³/mol. The van der Waals surface area contributed by atoms with Crippen LogP contribution in [0.3, 0.4) is 0 Å². The Labute approximate surface area is 87.8 Å². The second-order valence-electron chi connectivity index (χ2n) is 5.45. The molecule has 0 aromatic rings. The van der Waals surface area contributed by atoms with Gasteiger partial charge >= 0.3 is 0 Å². The van der Waals surface area contributed by atoms with Gasteiger partial charge in [0.2, 0.25) is 0 Å². The van der Waals surface area contributed by atoms with E-state index in [1.54, 1.807) is 0 Å². The molecule has 1 unspecified atom stereocenters. The van der Waals surface area contributed by atoms with Crippen LogP contribution in [0.2, 0.25) is 0 Å². The molecule has 1 atom stereocenters. The molecule has 0 bridgehead atoms. The van der Waals surface area contributed by atoms with Crippen molar-refractivity contribution in [2.24, 2.45) is 5.41 Å². The molecule has 0 aromatic heterocycles. The first kappa shape index (κ1) is 12.0. The Kier molecular flexibility index (Phi) is 4.35. The number of nitrogens with one attached hydrogen (secondary N) is 1. The molecule has 3 heteroatoms. The summed E-state index contributed by atoms with van der Waals surface area (Å²) >= 11 is 0. The Morgan fingerprint density at radius 1 is 1.43 bits per heavy atom. The molecule has 0 aliphatic carbocycles. The Bertz CT molecular complexity index is 165. The first-order chi connectivity index (χ1) is 6.47. The van der Waals surface area contributed by atoms with Crippen molar-refractivity contribution in [2.75, 3.05) is 39.8 Å². The summed E-state index contributed by atoms with van der Waals surface area (Å²) in [7, 11) is 2.15. The second-order valence-corrected chi connectivity index (χ2v) is 5.45. The molecular formula is C11H24N2O. The zero-order valence-corrected chi connectivity index (χ0v) is 9.97. The topological polar surface area (TPSA) is 24.5 Å². The van der Waals surface area contributed by atoms with Gasteiger partial charge in [-0.2, -0.15) is 0 Å². The van der Waals surface area contributed by atoms with Crippen molar-refractivity contribution in [3.63, 3.8) is 0 Å². The summed E-state index contributed by atoms with van der Waals surface area (Å²) in [5, 5.41) is 3.46. The number of morpholine rings is 1. The number of hydrogen-bond donors (Lipinski definition) is 1. The lowest BCUT2D eigenvalue weighted by Crippen LogP contribution is -2.45. The fraction of sp³-hybridized carbons (Fsp3) is 1.00. The third-order valence-electron chi connectivity index (χ3n) is 2.37. The van der Waals surface area contributed by atoms with Crippen LogP contribution in [0.25, 0.3) is 0 Å². The van der Waals surface area contributed by atoms with E-state index in [0.29, 0.717) is 11.5 Å². The van der Waals surface area contributed by atoms with E-state index in [2.05, 4.69) is 38.0 Å². The minimum atomic E-state index is 0.362. The van der Waals surface area contributed by atoms with Crippen LogP contribution < -0.4 is 5.32 Å². The monoisotopic (exact) mass is 200 g/mol. The summed E-state index contributed by atoms with van der Waals surface area (Å²) in [5.74, 6) is 0. The van der Waals surface area contributed by atoms with Crippen molar-refractivity contribution in [3.05, 3.63) is 0 Å². The highest BCUT2D eigenvalue weighted by molar-refractivity contribution is 4.73. The van der Waals surface area contributed by atoms with Crippen molar-refractivity contribution >= 4 is 0 Å². The molecule has 1 rings (SSSR count). The van der Waals surface area contributed by atoms with Crippen molar-refractivity contribution in [1.29, 1.82) is 0 Å². The van der Waals surface area contributed by atoms with Gasteiger partial charge in [0, 0.05) is 26.2 Å². The standard InChI is InChI=1S/C11H24N2O/c1-11(2,3)9-12-7-10-8-13(4)5-6-14-10/h10,12H,5-9H2,1-4H3. The molecule has 84 valence electrons. The molecule has 14 heavy (non-hydrogen) atoms. The number of hydrogen-bond acceptors (Lipinski definition) is 3. The smallest absolute Gasteiger partial charge is 0.0826 e. The highest BCUT2D eigenvalue weighted by Crippen LogP contribution is 2.10. The Hall–Kier alpha value is -0.120. The van der Waals surface area contributed by atoms with E-state index in [9.17, 15) is 0 Å². The van der Waals surface area contributed by atoms with Crippen LogP contribution in [0.4, 0.5) is 0 Å². The van der Waals surface area contributed by atoms with Crippen LogP contribution in [0, 0.1) is 5.41 Å². The van der Waals surface area contributed by atoms with Crippen LogP contribution in [0.15, 0.2) is 0 Å². The van der Waals surface area contributed by atoms with Gasteiger partial charge in [-0.1, -0.05) is 20.8 Å². The molecule has 1 aliphatic rings. The fourth-order valence-electron chi connectivity index (χ4n) is 1.60. The molecule has 3 nitrogen and oxygen atoms in total. The normalized spacial score (nSPS) is 25.3. The van der Waals surface area contributed by atoms with Gasteiger partial charge < -0.3 is 15.0 Å². The summed E-state index contributed by atoms with van der Waals surface area (Å²) in [4.78, 5) is 2.33. The van der Waals surface area contributed by atoms with Gasteiger partial charge in [-0.3, -0.25) is 0 Å². The zero-order valence-electron chi connectivity index (χ0n) is 9.97. The number of nitrogens with zero attached hydrogens (tertiary/aromatic N) is 1. The van der Waals surface area contributed by atoms with Gasteiger partial charge in [0.1, 0.15) is 0 Å². The van der Waals surface area contributed by atoms with E-state index in [-0.39, 0.29) is 0 Å². The summed E-state index contributed by atoms with van der Waals surface area (Å²) in [6, 6.07) is 0. The van der Waals surface area contributed by atoms with Crippen LogP contribution >= 0.6 is 0 Å². The Morgan fingerprint density at radius 3 is 2.71 bits per heavy atom.